The van der Waals surface area contributed by atoms with Gasteiger partial charge in [-0.15, -0.1) is 0 Å². The molecule has 0 aromatic heterocycles. The van der Waals surface area contributed by atoms with Crippen molar-refractivity contribution in [2.45, 2.75) is 76.1 Å². The molecule has 5 nitrogen and oxygen atoms in total. The van der Waals surface area contributed by atoms with Crippen LogP contribution in [0.3, 0.4) is 0 Å². The number of nitrogens with zero attached hydrogens (tertiary/aromatic N) is 2. The summed E-state index contributed by atoms with van der Waals surface area (Å²) in [5.41, 5.74) is 1.23. The van der Waals surface area contributed by atoms with Gasteiger partial charge in [-0.2, -0.15) is 5.26 Å². The monoisotopic (exact) mass is 456 g/mol. The Morgan fingerprint density at radius 1 is 1.17 bits per heavy atom. The Hall–Kier alpha value is -0.480. The third-order valence-corrected chi connectivity index (χ3v) is 10.4. The first-order chi connectivity index (χ1) is 13.7. The summed E-state index contributed by atoms with van der Waals surface area (Å²) in [5, 5.41) is 9.14. The van der Waals surface area contributed by atoms with Crippen LogP contribution in [0.1, 0.15) is 58.8 Å². The van der Waals surface area contributed by atoms with Crippen LogP contribution in [0, 0.1) is 11.3 Å². The summed E-state index contributed by atoms with van der Waals surface area (Å²) in [4.78, 5) is 0. The number of rotatable bonds is 10. The van der Waals surface area contributed by atoms with E-state index in [0.717, 1.165) is 5.75 Å². The van der Waals surface area contributed by atoms with Gasteiger partial charge in [0.1, 0.15) is 5.75 Å². The molecule has 0 aliphatic carbocycles. The maximum atomic E-state index is 8.94. The first-order valence-electron chi connectivity index (χ1n) is 9.94. The number of methoxy groups -OCH3 is 1. The molecular formula is C21H33N2O3PS2. The van der Waals surface area contributed by atoms with E-state index in [0.29, 0.717) is 13.0 Å². The maximum absolute atomic E-state index is 8.94. The molecule has 3 unspecified atom stereocenters. The van der Waals surface area contributed by atoms with Crippen LogP contribution >= 0.6 is 30.1 Å². The third-order valence-electron chi connectivity index (χ3n) is 4.64. The summed E-state index contributed by atoms with van der Waals surface area (Å²) < 4.78 is 20.5. The topological polar surface area (TPSA) is 54.7 Å². The van der Waals surface area contributed by atoms with Crippen LogP contribution in [0.5, 0.6) is 5.75 Å². The van der Waals surface area contributed by atoms with Crippen LogP contribution in [-0.2, 0) is 9.05 Å². The predicted molar refractivity (Wildman–Crippen MR) is 125 cm³/mol. The fourth-order valence-corrected chi connectivity index (χ4v) is 8.73. The molecule has 0 N–H and O–H groups in total. The molecule has 1 aromatic rings. The van der Waals surface area contributed by atoms with E-state index in [1.165, 1.54) is 5.56 Å². The zero-order valence-corrected chi connectivity index (χ0v) is 20.9. The van der Waals surface area contributed by atoms with Crippen LogP contribution in [-0.4, -0.2) is 41.3 Å². The highest BCUT2D eigenvalue weighted by atomic mass is 33.1. The second-order valence-electron chi connectivity index (χ2n) is 8.05. The van der Waals surface area contributed by atoms with E-state index in [1.807, 2.05) is 33.7 Å². The Morgan fingerprint density at radius 3 is 2.31 bits per heavy atom. The first-order valence-corrected chi connectivity index (χ1v) is 13.3. The van der Waals surface area contributed by atoms with Crippen molar-refractivity contribution in [1.82, 2.24) is 4.67 Å². The Labute approximate surface area is 185 Å². The molecule has 3 atom stereocenters. The van der Waals surface area contributed by atoms with E-state index in [4.69, 9.17) is 19.0 Å². The van der Waals surface area contributed by atoms with Crippen LogP contribution in [0.25, 0.3) is 0 Å². The average Bonchev–Trinajstić information content (AvgIpc) is 2.96. The average molecular weight is 457 g/mol. The fourth-order valence-electron chi connectivity index (χ4n) is 3.24. The SMILES string of the molecule is COc1ccc(C2SSC(C)(C)C2OP(OCCC#N)N(C(C)C)C(C)C)cc1. The maximum Gasteiger partial charge on any atom is 0.259 e. The van der Waals surface area contributed by atoms with Crippen LogP contribution in [0.4, 0.5) is 0 Å². The van der Waals surface area contributed by atoms with Gasteiger partial charge in [0.25, 0.3) is 8.53 Å². The minimum absolute atomic E-state index is 0.0147. The van der Waals surface area contributed by atoms with E-state index in [1.54, 1.807) is 7.11 Å². The lowest BCUT2D eigenvalue weighted by Crippen LogP contribution is -2.39. The van der Waals surface area contributed by atoms with Crippen molar-refractivity contribution in [2.75, 3.05) is 13.7 Å². The highest BCUT2D eigenvalue weighted by molar-refractivity contribution is 8.77. The van der Waals surface area contributed by atoms with Crippen molar-refractivity contribution in [3.63, 3.8) is 0 Å². The van der Waals surface area contributed by atoms with Gasteiger partial charge >= 0.3 is 0 Å². The van der Waals surface area contributed by atoms with Gasteiger partial charge in [0.2, 0.25) is 0 Å². The molecule has 2 rings (SSSR count). The molecule has 1 aliphatic rings. The lowest BCUT2D eigenvalue weighted by molar-refractivity contribution is 0.114. The largest absolute Gasteiger partial charge is 0.497 e. The van der Waals surface area contributed by atoms with Gasteiger partial charge in [-0.05, 0) is 59.2 Å². The van der Waals surface area contributed by atoms with E-state index in [2.05, 4.69) is 64.4 Å². The normalized spacial score (nSPS) is 22.2. The summed E-state index contributed by atoms with van der Waals surface area (Å²) >= 11 is 0. The number of benzene rings is 1. The van der Waals surface area contributed by atoms with Gasteiger partial charge in [-0.3, -0.25) is 0 Å². The second kappa shape index (κ2) is 11.2. The van der Waals surface area contributed by atoms with Crippen molar-refractivity contribution in [1.29, 1.82) is 5.26 Å². The van der Waals surface area contributed by atoms with Gasteiger partial charge < -0.3 is 13.8 Å². The molecule has 1 aliphatic heterocycles. The van der Waals surface area contributed by atoms with Crippen molar-refractivity contribution >= 4 is 30.1 Å². The summed E-state index contributed by atoms with van der Waals surface area (Å²) in [6.45, 7) is 13.5. The molecule has 0 bridgehead atoms. The smallest absolute Gasteiger partial charge is 0.259 e. The molecule has 0 saturated carbocycles. The summed E-state index contributed by atoms with van der Waals surface area (Å²) in [6.07, 6.45) is 0.352. The van der Waals surface area contributed by atoms with Gasteiger partial charge in [-0.25, -0.2) is 4.67 Å². The Kier molecular flexibility index (Phi) is 9.60. The number of hydrogen-bond acceptors (Lipinski definition) is 7. The molecule has 1 aromatic carbocycles. The molecule has 0 amide bonds. The first kappa shape index (κ1) is 24.8. The number of ether oxygens (including phenoxy) is 1. The zero-order valence-electron chi connectivity index (χ0n) is 18.4. The molecule has 1 saturated heterocycles. The Balaban J connectivity index is 2.28. The third kappa shape index (κ3) is 6.50. The van der Waals surface area contributed by atoms with Crippen molar-refractivity contribution in [2.24, 2.45) is 0 Å². The summed E-state index contributed by atoms with van der Waals surface area (Å²) in [7, 11) is 4.12. The highest BCUT2D eigenvalue weighted by Crippen LogP contribution is 2.63. The predicted octanol–water partition coefficient (Wildman–Crippen LogP) is 6.57. The molecule has 1 fully saturated rings. The minimum atomic E-state index is -1.28. The van der Waals surface area contributed by atoms with Crippen LogP contribution < -0.4 is 4.74 Å². The second-order valence-corrected chi connectivity index (χ2v) is 12.5. The van der Waals surface area contributed by atoms with E-state index >= 15 is 0 Å². The van der Waals surface area contributed by atoms with E-state index in [-0.39, 0.29) is 28.2 Å². The molecule has 1 heterocycles. The van der Waals surface area contributed by atoms with Gasteiger partial charge in [0, 0.05) is 16.8 Å². The van der Waals surface area contributed by atoms with E-state index in [9.17, 15) is 0 Å². The van der Waals surface area contributed by atoms with Gasteiger partial charge in [-0.1, -0.05) is 33.7 Å². The summed E-state index contributed by atoms with van der Waals surface area (Å²) in [6, 6.07) is 11.0. The number of nitriles is 1. The summed E-state index contributed by atoms with van der Waals surface area (Å²) in [5.74, 6) is 0.856. The standard InChI is InChI=1S/C21H33N2O3PS2/c1-15(2)23(16(3)4)27(25-14-8-13-22)26-20-19(28-29-21(20,5)6)17-9-11-18(24-7)12-10-17/h9-12,15-16,19-20H,8,14H2,1-7H3. The lowest BCUT2D eigenvalue weighted by Gasteiger charge is -2.39. The minimum Gasteiger partial charge on any atom is -0.497 e. The quantitative estimate of drug-likeness (QED) is 0.224. The van der Waals surface area contributed by atoms with Crippen LogP contribution in [0.2, 0.25) is 0 Å². The van der Waals surface area contributed by atoms with E-state index < -0.39 is 8.53 Å². The lowest BCUT2D eigenvalue weighted by atomic mass is 9.98. The zero-order chi connectivity index (χ0) is 21.6. The molecule has 8 heteroatoms. The van der Waals surface area contributed by atoms with Crippen molar-refractivity contribution in [3.8, 4) is 11.8 Å². The Bertz CT molecular complexity index is 671. The molecule has 29 heavy (non-hydrogen) atoms. The molecule has 0 spiro atoms. The molecular weight excluding hydrogens is 423 g/mol. The number of hydrogen-bond donors (Lipinski definition) is 0. The van der Waals surface area contributed by atoms with Gasteiger partial charge in [0.15, 0.2) is 0 Å². The van der Waals surface area contributed by atoms with Crippen LogP contribution in [0.15, 0.2) is 24.3 Å². The molecule has 162 valence electrons. The van der Waals surface area contributed by atoms with Gasteiger partial charge in [0.05, 0.1) is 37.6 Å². The Morgan fingerprint density at radius 2 is 1.79 bits per heavy atom. The fraction of sp³-hybridized carbons (Fsp3) is 0.667. The highest BCUT2D eigenvalue weighted by Gasteiger charge is 2.48. The van der Waals surface area contributed by atoms with Crippen molar-refractivity contribution in [3.05, 3.63) is 29.8 Å². The van der Waals surface area contributed by atoms with Crippen molar-refractivity contribution < 1.29 is 13.8 Å². The molecule has 0 radical (unpaired) electrons.